The molecule has 70 heavy (non-hydrogen) atoms. The lowest BCUT2D eigenvalue weighted by atomic mass is 9.78. The molecule has 15 heteroatoms. The van der Waals surface area contributed by atoms with Crippen LogP contribution < -0.4 is 0 Å². The van der Waals surface area contributed by atoms with Crippen molar-refractivity contribution in [2.75, 3.05) is 47.7 Å². The molecule has 4 rings (SSSR count). The number of rotatable bonds is 11. The second kappa shape index (κ2) is 28.7. The minimum atomic E-state index is -2.43. The summed E-state index contributed by atoms with van der Waals surface area (Å²) in [5.41, 5.74) is 1.28. The van der Waals surface area contributed by atoms with Crippen molar-refractivity contribution in [3.8, 4) is 0 Å². The van der Waals surface area contributed by atoms with Crippen LogP contribution in [0.2, 0.25) is 0 Å². The number of carbonyl (C=O) groups is 5. The number of allylic oxidation sites excluding steroid dienone is 6. The monoisotopic (exact) mass is 986 g/mol. The van der Waals surface area contributed by atoms with Crippen LogP contribution in [-0.2, 0) is 57.1 Å². The molecule has 3 heterocycles. The molecule has 2 bridgehead atoms. The zero-order chi connectivity index (χ0) is 51.7. The number of hydrogen-bond donors (Lipinski definition) is 2. The first-order valence-electron chi connectivity index (χ1n) is 26.0. The topological polar surface area (TPSA) is 194 Å². The molecule has 0 aromatic carbocycles. The smallest absolute Gasteiger partial charge is 0.329 e. The fourth-order valence-electron chi connectivity index (χ4n) is 10.7. The van der Waals surface area contributed by atoms with Gasteiger partial charge in [0.05, 0.1) is 37.6 Å². The Morgan fingerprint density at radius 2 is 1.59 bits per heavy atom. The summed E-state index contributed by atoms with van der Waals surface area (Å²) in [6.07, 6.45) is 12.4. The number of fused-ring (bicyclic) bond motifs is 3. The van der Waals surface area contributed by atoms with Gasteiger partial charge < -0.3 is 48.3 Å². The highest BCUT2D eigenvalue weighted by Crippen LogP contribution is 2.38. The van der Waals surface area contributed by atoms with E-state index in [0.717, 1.165) is 18.4 Å². The van der Waals surface area contributed by atoms with Crippen LogP contribution in [0.5, 0.6) is 0 Å². The molecule has 15 nitrogen and oxygen atoms in total. The number of ether oxygens (including phenoxy) is 7. The zero-order valence-electron chi connectivity index (χ0n) is 44.1. The van der Waals surface area contributed by atoms with E-state index in [1.54, 1.807) is 41.1 Å². The van der Waals surface area contributed by atoms with Crippen LogP contribution in [0.25, 0.3) is 0 Å². The van der Waals surface area contributed by atoms with Gasteiger partial charge in [0.25, 0.3) is 11.7 Å². The molecule has 0 aromatic heterocycles. The SMILES string of the molecule is CCOCCO[C@@H]1CCC(C[C@@H](C)C2CC(=O)[C@H](C)/C=C(\C)[C@@H](O)[C@@H](OC)C(=O)[C@H](C)CC(C)/C=C/C=C/C=C(\C)[C@@H](OC)C[C@@H]3CC[C@@H](C)[C@@](O)(O3)C(=O)C(=O)N3CCCC[C@H]3C(=O)O2)C[C@H]1OC. The van der Waals surface area contributed by atoms with Gasteiger partial charge in [-0.25, -0.2) is 4.79 Å². The van der Waals surface area contributed by atoms with Gasteiger partial charge in [-0.05, 0) is 114 Å². The molecule has 4 aliphatic rings. The molecule has 0 aromatic rings. The Labute approximate surface area is 418 Å². The fourth-order valence-corrected chi connectivity index (χ4v) is 10.7. The van der Waals surface area contributed by atoms with Crippen LogP contribution in [0.3, 0.4) is 0 Å². The van der Waals surface area contributed by atoms with Gasteiger partial charge >= 0.3 is 5.97 Å². The first-order valence-corrected chi connectivity index (χ1v) is 26.0. The van der Waals surface area contributed by atoms with Crippen LogP contribution in [-0.4, -0.2) is 147 Å². The highest BCUT2D eigenvalue weighted by Gasteiger charge is 2.53. The number of carbonyl (C=O) groups excluding carboxylic acids is 5. The first kappa shape index (κ1) is 59.2. The van der Waals surface area contributed by atoms with Crippen molar-refractivity contribution in [3.63, 3.8) is 0 Å². The number of ketones is 3. The number of aliphatic hydroxyl groups is 2. The molecule has 3 unspecified atom stereocenters. The minimum absolute atomic E-state index is 0.0195. The molecule has 396 valence electrons. The van der Waals surface area contributed by atoms with Gasteiger partial charge in [0, 0.05) is 65.1 Å². The average molecular weight is 986 g/mol. The van der Waals surface area contributed by atoms with Gasteiger partial charge in [-0.1, -0.05) is 71.1 Å². The predicted octanol–water partition coefficient (Wildman–Crippen LogP) is 7.24. The summed E-state index contributed by atoms with van der Waals surface area (Å²) in [7, 11) is 4.64. The lowest BCUT2D eigenvalue weighted by Gasteiger charge is -2.42. The summed E-state index contributed by atoms with van der Waals surface area (Å²) in [5.74, 6) is -7.83. The van der Waals surface area contributed by atoms with Gasteiger partial charge in [0.1, 0.15) is 30.1 Å². The van der Waals surface area contributed by atoms with Gasteiger partial charge in [-0.2, -0.15) is 0 Å². The molecule has 2 N–H and O–H groups in total. The molecular weight excluding hydrogens is 899 g/mol. The number of aliphatic hydroxyl groups excluding tert-OH is 1. The summed E-state index contributed by atoms with van der Waals surface area (Å²) in [6, 6.07) is -1.14. The first-order chi connectivity index (χ1) is 33.3. The summed E-state index contributed by atoms with van der Waals surface area (Å²) < 4.78 is 41.5. The van der Waals surface area contributed by atoms with Crippen molar-refractivity contribution >= 4 is 29.2 Å². The number of amides is 1. The van der Waals surface area contributed by atoms with Crippen molar-refractivity contribution in [1.29, 1.82) is 0 Å². The third kappa shape index (κ3) is 16.3. The lowest BCUT2D eigenvalue weighted by molar-refractivity contribution is -0.265. The van der Waals surface area contributed by atoms with E-state index < -0.39 is 77.8 Å². The molecule has 1 aliphatic carbocycles. The Kier molecular flexibility index (Phi) is 24.3. The number of piperidine rings is 1. The van der Waals surface area contributed by atoms with Gasteiger partial charge in [0.2, 0.25) is 5.79 Å². The summed E-state index contributed by atoms with van der Waals surface area (Å²) in [4.78, 5) is 72.4. The molecule has 1 amide bonds. The van der Waals surface area contributed by atoms with E-state index in [1.807, 2.05) is 65.0 Å². The maximum absolute atomic E-state index is 14.5. The standard InChI is InChI=1S/C55H87NO14/c1-12-67-26-27-68-45-24-22-41(31-48(45)65-10)30-37(5)47-33-44(57)36(4)29-39(7)50(59)51(66-11)49(58)38(6)28-34(2)18-14-13-15-19-35(3)46(64-9)32-42-23-21-40(8)55(63,70-42)52(60)53(61)56-25-17-16-20-43(56)54(62)69-47/h13-15,18-19,29,34,36-38,40-43,45-48,50-51,59,63H,12,16-17,20-28,30-33H2,1-11H3/b15-13+,18-14+,35-19+,39-29+/t34?,36-,37-,38-,40-,41?,42+,43+,45-,46+,47?,48-,50-,51+,55-/m1/s1. The Bertz CT molecular complexity index is 1840. The number of nitrogens with zero attached hydrogens (tertiary/aromatic N) is 1. The number of Topliss-reactive ketones (excluding diaryl/α,β-unsaturated/α-hetero) is 3. The maximum atomic E-state index is 14.5. The molecule has 0 radical (unpaired) electrons. The highest BCUT2D eigenvalue weighted by molar-refractivity contribution is 6.39. The van der Waals surface area contributed by atoms with Crippen LogP contribution in [0.4, 0.5) is 0 Å². The van der Waals surface area contributed by atoms with Crippen LogP contribution >= 0.6 is 0 Å². The van der Waals surface area contributed by atoms with Crippen LogP contribution in [0.1, 0.15) is 132 Å². The van der Waals surface area contributed by atoms with Gasteiger partial charge in [-0.15, -0.1) is 0 Å². The second-order valence-corrected chi connectivity index (χ2v) is 20.6. The molecule has 2 saturated heterocycles. The Hall–Kier alpha value is -3.41. The average Bonchev–Trinajstić information content (AvgIpc) is 3.34. The van der Waals surface area contributed by atoms with Crippen molar-refractivity contribution in [2.45, 2.75) is 187 Å². The molecule has 3 fully saturated rings. The fraction of sp³-hybridized carbons (Fsp3) is 0.764. The molecule has 3 aliphatic heterocycles. The van der Waals surface area contributed by atoms with E-state index in [4.69, 9.17) is 33.2 Å². The number of hydrogen-bond acceptors (Lipinski definition) is 14. The van der Waals surface area contributed by atoms with E-state index in [9.17, 15) is 34.2 Å². The normalized spacial score (nSPS) is 38.4. The van der Waals surface area contributed by atoms with E-state index in [1.165, 1.54) is 12.0 Å². The second-order valence-electron chi connectivity index (χ2n) is 20.6. The van der Waals surface area contributed by atoms with E-state index in [-0.39, 0.29) is 60.9 Å². The Balaban J connectivity index is 1.68. The predicted molar refractivity (Wildman–Crippen MR) is 265 cm³/mol. The highest BCUT2D eigenvalue weighted by atomic mass is 16.6. The van der Waals surface area contributed by atoms with Crippen LogP contribution in [0, 0.1) is 35.5 Å². The van der Waals surface area contributed by atoms with Crippen molar-refractivity contribution < 1.29 is 67.3 Å². The summed E-state index contributed by atoms with van der Waals surface area (Å²) in [6.45, 7) is 16.4. The van der Waals surface area contributed by atoms with E-state index in [2.05, 4.69) is 0 Å². The number of methoxy groups -OCH3 is 3. The van der Waals surface area contributed by atoms with Crippen molar-refractivity contribution in [1.82, 2.24) is 4.90 Å². The van der Waals surface area contributed by atoms with Crippen LogP contribution in [0.15, 0.2) is 47.6 Å². The van der Waals surface area contributed by atoms with Crippen molar-refractivity contribution in [2.24, 2.45) is 35.5 Å². The summed E-state index contributed by atoms with van der Waals surface area (Å²) >= 11 is 0. The third-order valence-electron chi connectivity index (χ3n) is 15.2. The largest absolute Gasteiger partial charge is 0.460 e. The Morgan fingerprint density at radius 3 is 2.27 bits per heavy atom. The van der Waals surface area contributed by atoms with Gasteiger partial charge in [0.15, 0.2) is 5.78 Å². The molecule has 1 saturated carbocycles. The van der Waals surface area contributed by atoms with E-state index >= 15 is 0 Å². The minimum Gasteiger partial charge on any atom is -0.460 e. The van der Waals surface area contributed by atoms with Crippen molar-refractivity contribution in [3.05, 3.63) is 47.6 Å². The quantitative estimate of drug-likeness (QED) is 0.0911. The molecular formula is C55H87NO14. The summed E-state index contributed by atoms with van der Waals surface area (Å²) in [5, 5.41) is 23.5. The van der Waals surface area contributed by atoms with Gasteiger partial charge in [-0.3, -0.25) is 19.2 Å². The Morgan fingerprint density at radius 1 is 0.843 bits per heavy atom. The molecule has 15 atom stereocenters. The lowest BCUT2D eigenvalue weighted by Crippen LogP contribution is -2.61. The number of esters is 1. The maximum Gasteiger partial charge on any atom is 0.329 e. The zero-order valence-corrected chi connectivity index (χ0v) is 44.1. The van der Waals surface area contributed by atoms with E-state index in [0.29, 0.717) is 76.8 Å². The number of cyclic esters (lactones) is 1. The third-order valence-corrected chi connectivity index (χ3v) is 15.2. The molecule has 0 spiro atoms.